The van der Waals surface area contributed by atoms with Crippen LogP contribution in [0.4, 0.5) is 0 Å². The minimum absolute atomic E-state index is 0.135. The monoisotopic (exact) mass is 1110 g/mol. The van der Waals surface area contributed by atoms with E-state index < -0.39 is 139 Å². The normalized spacial score (nSPS) is 28.4. The number of amides is 11. The van der Waals surface area contributed by atoms with E-state index in [0.29, 0.717) is 57.8 Å². The fraction of sp³-hybridized carbons (Fsp3) is 0.807. The quantitative estimate of drug-likeness (QED) is 0.287. The fourth-order valence-electron chi connectivity index (χ4n) is 12.6. The minimum atomic E-state index is -1.35. The first kappa shape index (κ1) is 64.0. The second-order valence-corrected chi connectivity index (χ2v) is 24.2. The zero-order chi connectivity index (χ0) is 58.5. The Morgan fingerprint density at radius 1 is 0.557 bits per heavy atom. The Labute approximate surface area is 468 Å². The fourth-order valence-corrected chi connectivity index (χ4v) is 12.6. The molecule has 5 rings (SSSR count). The van der Waals surface area contributed by atoms with Gasteiger partial charge >= 0.3 is 0 Å². The first-order valence-electron chi connectivity index (χ1n) is 29.3. The molecule has 0 aromatic rings. The lowest BCUT2D eigenvalue weighted by Gasteiger charge is -2.39. The van der Waals surface area contributed by atoms with Crippen molar-refractivity contribution < 1.29 is 52.7 Å². The summed E-state index contributed by atoms with van der Waals surface area (Å²) in [7, 11) is 8.91. The van der Waals surface area contributed by atoms with E-state index in [4.69, 9.17) is 0 Å². The van der Waals surface area contributed by atoms with Crippen LogP contribution in [-0.2, 0) is 52.7 Å². The summed E-state index contributed by atoms with van der Waals surface area (Å²) < 4.78 is 0. The summed E-state index contributed by atoms with van der Waals surface area (Å²) in [4.78, 5) is 165. The molecule has 2 saturated heterocycles. The number of hydrogen-bond donors (Lipinski definition) is 4. The van der Waals surface area contributed by atoms with E-state index in [1.165, 1.54) is 69.5 Å². The maximum atomic E-state index is 14.7. The average molecular weight is 1110 g/mol. The van der Waals surface area contributed by atoms with E-state index in [2.05, 4.69) is 21.3 Å². The van der Waals surface area contributed by atoms with Crippen molar-refractivity contribution in [3.63, 3.8) is 0 Å². The molecule has 1 spiro atoms. The van der Waals surface area contributed by atoms with E-state index >= 15 is 0 Å². The molecule has 22 nitrogen and oxygen atoms in total. The number of nitrogens with zero attached hydrogens (tertiary/aromatic N) is 7. The lowest BCUT2D eigenvalue weighted by molar-refractivity contribution is -0.149. The van der Waals surface area contributed by atoms with Crippen LogP contribution in [0.25, 0.3) is 0 Å². The molecule has 11 amide bonds. The minimum Gasteiger partial charge on any atom is -0.351 e. The maximum absolute atomic E-state index is 14.7. The van der Waals surface area contributed by atoms with Crippen molar-refractivity contribution in [3.05, 3.63) is 0 Å². The van der Waals surface area contributed by atoms with Gasteiger partial charge in [-0.25, -0.2) is 0 Å². The number of likely N-dealkylation sites (N-methyl/N-ethyl adjacent to an activating group) is 6. The molecule has 3 aliphatic carbocycles. The largest absolute Gasteiger partial charge is 0.351 e. The molecular weight excluding hydrogens is 1010 g/mol. The van der Waals surface area contributed by atoms with Crippen molar-refractivity contribution >= 4 is 65.0 Å². The Bertz CT molecular complexity index is 2210. The molecular formula is C57H95N11O11. The topological polar surface area (TPSA) is 259 Å². The van der Waals surface area contributed by atoms with Crippen molar-refractivity contribution in [1.29, 1.82) is 0 Å². The lowest BCUT2D eigenvalue weighted by atomic mass is 9.84. The number of rotatable bonds is 7. The maximum Gasteiger partial charge on any atom is 0.248 e. The molecule has 5 aliphatic rings. The van der Waals surface area contributed by atoms with E-state index in [1.54, 1.807) is 27.8 Å². The Hall–Kier alpha value is -5.83. The summed E-state index contributed by atoms with van der Waals surface area (Å²) in [6.45, 7) is 7.49. The number of nitrogens with one attached hydrogen (secondary N) is 4. The molecule has 0 radical (unpaired) electrons. The van der Waals surface area contributed by atoms with Gasteiger partial charge in [0.05, 0.1) is 26.2 Å². The highest BCUT2D eigenvalue weighted by Gasteiger charge is 2.49. The van der Waals surface area contributed by atoms with Crippen molar-refractivity contribution in [2.75, 3.05) is 75.0 Å². The smallest absolute Gasteiger partial charge is 0.248 e. The predicted octanol–water partition coefficient (Wildman–Crippen LogP) is 2.02. The zero-order valence-corrected chi connectivity index (χ0v) is 49.4. The van der Waals surface area contributed by atoms with Gasteiger partial charge in [-0.3, -0.25) is 52.7 Å². The molecule has 0 bridgehead atoms. The van der Waals surface area contributed by atoms with Crippen molar-refractivity contribution in [2.45, 2.75) is 198 Å². The van der Waals surface area contributed by atoms with Gasteiger partial charge < -0.3 is 55.6 Å². The summed E-state index contributed by atoms with van der Waals surface area (Å²) in [5, 5.41) is 11.5. The van der Waals surface area contributed by atoms with Gasteiger partial charge in [0.15, 0.2) is 0 Å². The second kappa shape index (κ2) is 29.1. The van der Waals surface area contributed by atoms with E-state index in [0.717, 1.165) is 57.8 Å². The third-order valence-corrected chi connectivity index (χ3v) is 17.8. The summed E-state index contributed by atoms with van der Waals surface area (Å²) in [6, 6.07) is -5.68. The molecule has 2 aliphatic heterocycles. The van der Waals surface area contributed by atoms with E-state index in [1.807, 2.05) is 13.8 Å². The number of carbonyl (C=O) groups is 11. The van der Waals surface area contributed by atoms with Crippen LogP contribution in [0, 0.1) is 23.7 Å². The Morgan fingerprint density at radius 3 is 1.71 bits per heavy atom. The highest BCUT2D eigenvalue weighted by Crippen LogP contribution is 2.35. The highest BCUT2D eigenvalue weighted by molar-refractivity contribution is 5.99. The summed E-state index contributed by atoms with van der Waals surface area (Å²) >= 11 is 0. The third kappa shape index (κ3) is 16.6. The summed E-state index contributed by atoms with van der Waals surface area (Å²) in [6.07, 6.45) is 12.2. The molecule has 3 saturated carbocycles. The molecule has 0 aromatic carbocycles. The van der Waals surface area contributed by atoms with Crippen LogP contribution in [0.5, 0.6) is 0 Å². The van der Waals surface area contributed by atoms with Gasteiger partial charge in [0, 0.05) is 61.3 Å². The summed E-state index contributed by atoms with van der Waals surface area (Å²) in [5.74, 6) is -6.19. The van der Waals surface area contributed by atoms with Crippen LogP contribution in [0.15, 0.2) is 0 Å². The summed E-state index contributed by atoms with van der Waals surface area (Å²) in [5.41, 5.74) is -1.35. The van der Waals surface area contributed by atoms with Gasteiger partial charge in [-0.2, -0.15) is 0 Å². The van der Waals surface area contributed by atoms with Crippen molar-refractivity contribution in [1.82, 2.24) is 55.6 Å². The van der Waals surface area contributed by atoms with Gasteiger partial charge in [0.2, 0.25) is 65.0 Å². The Morgan fingerprint density at radius 2 is 1.11 bits per heavy atom. The first-order chi connectivity index (χ1) is 37.3. The molecule has 444 valence electrons. The Kier molecular flexibility index (Phi) is 23.5. The first-order valence-corrected chi connectivity index (χ1v) is 29.3. The van der Waals surface area contributed by atoms with Gasteiger partial charge in [-0.1, -0.05) is 105 Å². The van der Waals surface area contributed by atoms with E-state index in [9.17, 15) is 52.7 Å². The molecule has 7 atom stereocenters. The van der Waals surface area contributed by atoms with Crippen LogP contribution in [0.1, 0.15) is 157 Å². The number of carbonyl (C=O) groups excluding carboxylic acids is 11. The Balaban J connectivity index is 1.45. The van der Waals surface area contributed by atoms with Gasteiger partial charge in [-0.15, -0.1) is 0 Å². The van der Waals surface area contributed by atoms with Crippen molar-refractivity contribution in [2.24, 2.45) is 23.7 Å². The molecule has 22 heteroatoms. The standard InChI is InChI=1S/C57H95N11O11/c1-12-37(4)49-55(78)64(8)34-47(72)62(6)35-48(73)66(10)43(31-40-21-14-13-15-22-40)54(77)63(7)33-44(69)58-32-46(71)68-28-20-25-41(68)52(75)61-57(26-18-19-27-57)56(79)67(11)50(36(2)3)53(76)59-38(5)29-45(70)65(9)42(51(74)60-49)30-39-23-16-17-24-39/h36-43,49-50H,12-35H2,1-11H3,(H,58,69)(H,59,76)(H,60,74)(H,61,75)/t37-,38?,41?,42?,43?,49?,50?/m0/s1. The van der Waals surface area contributed by atoms with Crippen molar-refractivity contribution in [3.8, 4) is 0 Å². The molecule has 0 aromatic heterocycles. The number of hydrogen-bond acceptors (Lipinski definition) is 11. The van der Waals surface area contributed by atoms with Gasteiger partial charge in [-0.05, 0) is 69.1 Å². The second-order valence-electron chi connectivity index (χ2n) is 24.2. The SMILES string of the molecule is CC[C@H](C)C1NC(=O)C(CC2CCCC2)N(C)C(=O)CC(C)NC(=O)C(C(C)C)N(C)C(=O)C2(CCCC2)NC(=O)C2CCCN2C(=O)CNC(=O)CN(C)C(=O)C(CC2CCCCC2)N(C)C(=O)CN(C)C(=O)CN(C)C1=O. The van der Waals surface area contributed by atoms with Crippen LogP contribution < -0.4 is 21.3 Å². The molecule has 6 unspecified atom stereocenters. The van der Waals surface area contributed by atoms with Crippen LogP contribution in [0.3, 0.4) is 0 Å². The van der Waals surface area contributed by atoms with Gasteiger partial charge in [0.25, 0.3) is 0 Å². The predicted molar refractivity (Wildman–Crippen MR) is 296 cm³/mol. The third-order valence-electron chi connectivity index (χ3n) is 17.8. The molecule has 5 fully saturated rings. The molecule has 2 heterocycles. The zero-order valence-electron chi connectivity index (χ0n) is 49.4. The molecule has 79 heavy (non-hydrogen) atoms. The van der Waals surface area contributed by atoms with Crippen LogP contribution in [-0.4, -0.2) is 216 Å². The van der Waals surface area contributed by atoms with Crippen LogP contribution >= 0.6 is 0 Å². The van der Waals surface area contributed by atoms with Gasteiger partial charge in [0.1, 0.15) is 35.7 Å². The molecule has 4 N–H and O–H groups in total. The highest BCUT2D eigenvalue weighted by atomic mass is 16.2. The number of fused-ring (bicyclic) bond motifs is 1. The lowest BCUT2D eigenvalue weighted by Crippen LogP contribution is -2.64. The average Bonchev–Trinajstić information content (AvgIpc) is 4.24. The van der Waals surface area contributed by atoms with E-state index in [-0.39, 0.29) is 30.7 Å². The van der Waals surface area contributed by atoms with Crippen LogP contribution in [0.2, 0.25) is 0 Å².